The predicted octanol–water partition coefficient (Wildman–Crippen LogP) is 2.99. The molecule has 19 heavy (non-hydrogen) atoms. The summed E-state index contributed by atoms with van der Waals surface area (Å²) in [6.07, 6.45) is 1.43. The van der Waals surface area contributed by atoms with E-state index in [-0.39, 0.29) is 5.97 Å². The SMILES string of the molecule is COC(=O)[CH]c1ccc(OCc2ccccc2)cc1. The Hall–Kier alpha value is -2.29. The summed E-state index contributed by atoms with van der Waals surface area (Å²) in [5, 5.41) is 0. The molecule has 0 saturated carbocycles. The molecular weight excluding hydrogens is 240 g/mol. The number of carbonyl (C=O) groups excluding carboxylic acids is 1. The number of esters is 1. The molecule has 0 bridgehead atoms. The van der Waals surface area contributed by atoms with Gasteiger partial charge in [-0.2, -0.15) is 0 Å². The summed E-state index contributed by atoms with van der Waals surface area (Å²) in [4.78, 5) is 11.1. The van der Waals surface area contributed by atoms with Crippen LogP contribution < -0.4 is 4.74 Å². The van der Waals surface area contributed by atoms with Gasteiger partial charge >= 0.3 is 5.97 Å². The number of hydrogen-bond acceptors (Lipinski definition) is 3. The van der Waals surface area contributed by atoms with Crippen molar-refractivity contribution < 1.29 is 14.3 Å². The van der Waals surface area contributed by atoms with Gasteiger partial charge in [-0.3, -0.25) is 4.79 Å². The normalized spacial score (nSPS) is 9.95. The number of ether oxygens (including phenoxy) is 2. The van der Waals surface area contributed by atoms with Crippen molar-refractivity contribution in [1.82, 2.24) is 0 Å². The molecule has 0 fully saturated rings. The van der Waals surface area contributed by atoms with Crippen molar-refractivity contribution in [3.05, 3.63) is 72.1 Å². The van der Waals surface area contributed by atoms with E-state index in [2.05, 4.69) is 4.74 Å². The molecule has 0 spiro atoms. The van der Waals surface area contributed by atoms with Gasteiger partial charge in [-0.25, -0.2) is 0 Å². The van der Waals surface area contributed by atoms with Crippen molar-refractivity contribution in [2.24, 2.45) is 0 Å². The van der Waals surface area contributed by atoms with Gasteiger partial charge in [0.1, 0.15) is 12.4 Å². The smallest absolute Gasteiger partial charge is 0.314 e. The first-order valence-electron chi connectivity index (χ1n) is 5.97. The maximum absolute atomic E-state index is 11.1. The van der Waals surface area contributed by atoms with Crippen LogP contribution in [0.15, 0.2) is 54.6 Å². The van der Waals surface area contributed by atoms with E-state index < -0.39 is 0 Å². The van der Waals surface area contributed by atoms with E-state index >= 15 is 0 Å². The van der Waals surface area contributed by atoms with Crippen LogP contribution in [0.3, 0.4) is 0 Å². The molecule has 3 heteroatoms. The highest BCUT2D eigenvalue weighted by atomic mass is 16.5. The van der Waals surface area contributed by atoms with Crippen molar-refractivity contribution in [2.75, 3.05) is 7.11 Å². The standard InChI is InChI=1S/C16H15O3/c1-18-16(17)11-13-7-9-15(10-8-13)19-12-14-5-3-2-4-6-14/h2-11H,12H2,1H3. The molecule has 2 aromatic rings. The van der Waals surface area contributed by atoms with E-state index in [0.717, 1.165) is 16.9 Å². The highest BCUT2D eigenvalue weighted by molar-refractivity contribution is 5.83. The van der Waals surface area contributed by atoms with Crippen LogP contribution in [0.4, 0.5) is 0 Å². The molecule has 0 N–H and O–H groups in total. The van der Waals surface area contributed by atoms with Gasteiger partial charge in [-0.1, -0.05) is 42.5 Å². The topological polar surface area (TPSA) is 35.5 Å². The second kappa shape index (κ2) is 6.59. The summed E-state index contributed by atoms with van der Waals surface area (Å²) >= 11 is 0. The Morgan fingerprint density at radius 2 is 1.74 bits per heavy atom. The van der Waals surface area contributed by atoms with Crippen molar-refractivity contribution >= 4 is 5.97 Å². The molecule has 2 rings (SSSR count). The number of methoxy groups -OCH3 is 1. The Kier molecular flexibility index (Phi) is 4.56. The zero-order valence-electron chi connectivity index (χ0n) is 10.7. The molecule has 0 aliphatic heterocycles. The van der Waals surface area contributed by atoms with E-state index in [4.69, 9.17) is 4.74 Å². The Labute approximate surface area is 112 Å². The van der Waals surface area contributed by atoms with Crippen LogP contribution in [0.1, 0.15) is 11.1 Å². The quantitative estimate of drug-likeness (QED) is 0.770. The van der Waals surface area contributed by atoms with Crippen LogP contribution in [0.2, 0.25) is 0 Å². The van der Waals surface area contributed by atoms with Gasteiger partial charge in [0.15, 0.2) is 0 Å². The minimum absolute atomic E-state index is 0.363. The van der Waals surface area contributed by atoms with Crippen LogP contribution in [-0.4, -0.2) is 13.1 Å². The summed E-state index contributed by atoms with van der Waals surface area (Å²) in [5.41, 5.74) is 1.91. The molecule has 3 nitrogen and oxygen atoms in total. The molecule has 2 aromatic carbocycles. The molecular formula is C16H15O3. The van der Waals surface area contributed by atoms with E-state index in [9.17, 15) is 4.79 Å². The lowest BCUT2D eigenvalue weighted by Crippen LogP contribution is -2.01. The van der Waals surface area contributed by atoms with E-state index in [1.807, 2.05) is 54.6 Å². The fourth-order valence-electron chi connectivity index (χ4n) is 1.60. The monoisotopic (exact) mass is 255 g/mol. The Morgan fingerprint density at radius 3 is 2.37 bits per heavy atom. The first kappa shape index (κ1) is 13.1. The van der Waals surface area contributed by atoms with Crippen molar-refractivity contribution in [3.63, 3.8) is 0 Å². The van der Waals surface area contributed by atoms with Crippen molar-refractivity contribution in [3.8, 4) is 5.75 Å². The minimum Gasteiger partial charge on any atom is -0.489 e. The first-order valence-corrected chi connectivity index (χ1v) is 5.97. The first-order chi connectivity index (χ1) is 9.28. The van der Waals surface area contributed by atoms with Crippen molar-refractivity contribution in [1.29, 1.82) is 0 Å². The lowest BCUT2D eigenvalue weighted by atomic mass is 10.1. The summed E-state index contributed by atoms with van der Waals surface area (Å²) < 4.78 is 10.2. The molecule has 0 unspecified atom stereocenters. The molecule has 0 atom stereocenters. The third-order valence-electron chi connectivity index (χ3n) is 2.61. The number of benzene rings is 2. The van der Waals surface area contributed by atoms with Gasteiger partial charge in [0, 0.05) is 0 Å². The molecule has 1 radical (unpaired) electrons. The highest BCUT2D eigenvalue weighted by Crippen LogP contribution is 2.15. The Bertz CT molecular complexity index is 517. The van der Waals surface area contributed by atoms with E-state index in [1.54, 1.807) is 0 Å². The number of rotatable bonds is 5. The average molecular weight is 255 g/mol. The van der Waals surface area contributed by atoms with Crippen LogP contribution in [0.5, 0.6) is 5.75 Å². The molecule has 0 saturated heterocycles. The van der Waals surface area contributed by atoms with Gasteiger partial charge < -0.3 is 9.47 Å². The third-order valence-corrected chi connectivity index (χ3v) is 2.61. The van der Waals surface area contributed by atoms with E-state index in [0.29, 0.717) is 6.61 Å². The Balaban J connectivity index is 1.90. The average Bonchev–Trinajstić information content (AvgIpc) is 2.47. The Morgan fingerprint density at radius 1 is 1.05 bits per heavy atom. The second-order valence-corrected chi connectivity index (χ2v) is 4.01. The van der Waals surface area contributed by atoms with Crippen LogP contribution >= 0.6 is 0 Å². The highest BCUT2D eigenvalue weighted by Gasteiger charge is 2.03. The maximum atomic E-state index is 11.1. The minimum atomic E-state index is -0.363. The van der Waals surface area contributed by atoms with Gasteiger partial charge in [0.05, 0.1) is 13.5 Å². The summed E-state index contributed by atoms with van der Waals surface area (Å²) in [5.74, 6) is 0.406. The summed E-state index contributed by atoms with van der Waals surface area (Å²) in [6, 6.07) is 17.3. The molecule has 0 heterocycles. The summed E-state index contributed by atoms with van der Waals surface area (Å²) in [6.45, 7) is 0.529. The lowest BCUT2D eigenvalue weighted by molar-refractivity contribution is -0.136. The third kappa shape index (κ3) is 4.14. The lowest BCUT2D eigenvalue weighted by Gasteiger charge is -2.07. The zero-order valence-corrected chi connectivity index (χ0v) is 10.7. The van der Waals surface area contributed by atoms with Gasteiger partial charge in [-0.15, -0.1) is 0 Å². The molecule has 0 amide bonds. The van der Waals surface area contributed by atoms with Crippen LogP contribution in [0, 0.1) is 6.42 Å². The molecule has 97 valence electrons. The van der Waals surface area contributed by atoms with E-state index in [1.165, 1.54) is 13.5 Å². The molecule has 0 aromatic heterocycles. The van der Waals surface area contributed by atoms with Gasteiger partial charge in [0.2, 0.25) is 0 Å². The maximum Gasteiger partial charge on any atom is 0.314 e. The zero-order chi connectivity index (χ0) is 13.5. The number of carbonyl (C=O) groups is 1. The van der Waals surface area contributed by atoms with Crippen LogP contribution in [-0.2, 0) is 16.1 Å². The van der Waals surface area contributed by atoms with Gasteiger partial charge in [-0.05, 0) is 23.3 Å². The van der Waals surface area contributed by atoms with Gasteiger partial charge in [0.25, 0.3) is 0 Å². The largest absolute Gasteiger partial charge is 0.489 e. The fraction of sp³-hybridized carbons (Fsp3) is 0.125. The fourth-order valence-corrected chi connectivity index (χ4v) is 1.60. The van der Waals surface area contributed by atoms with Crippen molar-refractivity contribution in [2.45, 2.75) is 6.61 Å². The molecule has 0 aliphatic rings. The second-order valence-electron chi connectivity index (χ2n) is 4.01. The molecule has 0 aliphatic carbocycles. The van der Waals surface area contributed by atoms with Crippen LogP contribution in [0.25, 0.3) is 0 Å². The predicted molar refractivity (Wildman–Crippen MR) is 72.6 cm³/mol. The number of hydrogen-bond donors (Lipinski definition) is 0. The summed E-state index contributed by atoms with van der Waals surface area (Å²) in [7, 11) is 1.36.